The number of thiophene rings is 1. The molecule has 5 nitrogen and oxygen atoms in total. The molecule has 0 atom stereocenters. The highest BCUT2D eigenvalue weighted by atomic mass is 32.1. The molecule has 0 fully saturated rings. The summed E-state index contributed by atoms with van der Waals surface area (Å²) >= 11 is 1.82. The van der Waals surface area contributed by atoms with Crippen molar-refractivity contribution < 1.29 is 0 Å². The minimum absolute atomic E-state index is 0.707. The molecule has 1 aliphatic carbocycles. The number of aryl methyl sites for hydroxylation is 3. The van der Waals surface area contributed by atoms with Crippen molar-refractivity contribution in [2.75, 3.05) is 11.1 Å². The molecule has 3 aromatic heterocycles. The number of hydrogen-bond donors (Lipinski definition) is 2. The molecule has 0 bridgehead atoms. The number of nitrogen functional groups attached to an aromatic ring is 1. The molecule has 3 heterocycles. The van der Waals surface area contributed by atoms with Gasteiger partial charge in [0.05, 0.1) is 16.4 Å². The normalized spacial score (nSPS) is 13.5. The van der Waals surface area contributed by atoms with E-state index in [0.29, 0.717) is 5.82 Å². The number of nitrogens with one attached hydrogen (secondary N) is 1. The van der Waals surface area contributed by atoms with E-state index < -0.39 is 0 Å². The van der Waals surface area contributed by atoms with Crippen LogP contribution in [0.1, 0.15) is 40.2 Å². The molecule has 1 aliphatic rings. The van der Waals surface area contributed by atoms with Crippen LogP contribution >= 0.6 is 11.3 Å². The number of aromatic nitrogens is 3. The summed E-state index contributed by atoms with van der Waals surface area (Å²) in [5.74, 6) is 1.57. The van der Waals surface area contributed by atoms with Crippen LogP contribution in [0.15, 0.2) is 66.7 Å². The Morgan fingerprint density at radius 3 is 2.50 bits per heavy atom. The third-order valence-electron chi connectivity index (χ3n) is 7.39. The fraction of sp³-hybridized carbons (Fsp3) is 0.156. The highest BCUT2D eigenvalue weighted by Crippen LogP contribution is 2.40. The van der Waals surface area contributed by atoms with Crippen molar-refractivity contribution in [1.29, 1.82) is 0 Å². The van der Waals surface area contributed by atoms with Gasteiger partial charge in [-0.05, 0) is 79.6 Å². The van der Waals surface area contributed by atoms with Crippen molar-refractivity contribution in [2.45, 2.75) is 32.6 Å². The van der Waals surface area contributed by atoms with E-state index in [9.17, 15) is 0 Å². The number of anilines is 3. The standard InChI is InChI=1S/C32H27N5S/c1-19-23-14-12-21(33)17-26(23)35-27-18-22(13-15-24(19)27)34-31-30-25-9-5-6-10-28(25)38-32(30)37-29(36-31)16-11-20-7-3-2-4-8-20/h2-4,7-8,11-18H,5-6,9-10,33H2,1H3,(H,34,36,37)/b16-11+. The average molecular weight is 514 g/mol. The quantitative estimate of drug-likeness (QED) is 0.184. The predicted molar refractivity (Wildman–Crippen MR) is 161 cm³/mol. The Morgan fingerprint density at radius 1 is 0.842 bits per heavy atom. The van der Waals surface area contributed by atoms with Gasteiger partial charge in [0.2, 0.25) is 0 Å². The number of fused-ring (bicyclic) bond motifs is 5. The van der Waals surface area contributed by atoms with Gasteiger partial charge in [-0.3, -0.25) is 0 Å². The number of benzene rings is 3. The lowest BCUT2D eigenvalue weighted by atomic mass is 9.97. The molecule has 6 heteroatoms. The van der Waals surface area contributed by atoms with Gasteiger partial charge in [0.25, 0.3) is 0 Å². The highest BCUT2D eigenvalue weighted by molar-refractivity contribution is 7.19. The number of nitrogens with zero attached hydrogens (tertiary/aromatic N) is 3. The first-order valence-corrected chi connectivity index (χ1v) is 13.9. The summed E-state index contributed by atoms with van der Waals surface area (Å²) in [5, 5.41) is 7.08. The molecule has 6 aromatic rings. The molecule has 0 radical (unpaired) electrons. The average Bonchev–Trinajstić information content (AvgIpc) is 3.31. The summed E-state index contributed by atoms with van der Waals surface area (Å²) in [5.41, 5.74) is 13.3. The molecule has 0 saturated heterocycles. The second kappa shape index (κ2) is 9.23. The fourth-order valence-corrected chi connectivity index (χ4v) is 6.73. The second-order valence-corrected chi connectivity index (χ2v) is 11.0. The van der Waals surface area contributed by atoms with Gasteiger partial charge in [0.15, 0.2) is 5.82 Å². The molecule has 3 N–H and O–H groups in total. The van der Waals surface area contributed by atoms with Crippen LogP contribution in [0.5, 0.6) is 0 Å². The Morgan fingerprint density at radius 2 is 1.63 bits per heavy atom. The van der Waals surface area contributed by atoms with Crippen LogP contribution < -0.4 is 11.1 Å². The lowest BCUT2D eigenvalue weighted by Crippen LogP contribution is -2.02. The number of hydrogen-bond acceptors (Lipinski definition) is 6. The van der Waals surface area contributed by atoms with Crippen molar-refractivity contribution in [3.8, 4) is 0 Å². The molecule has 0 saturated carbocycles. The molecule has 38 heavy (non-hydrogen) atoms. The van der Waals surface area contributed by atoms with Crippen LogP contribution in [-0.2, 0) is 12.8 Å². The number of nitrogens with two attached hydrogens (primary N) is 1. The molecule has 0 unspecified atom stereocenters. The Bertz CT molecular complexity index is 1870. The van der Waals surface area contributed by atoms with Gasteiger partial charge in [-0.25, -0.2) is 15.0 Å². The Kier molecular flexibility index (Phi) is 5.55. The van der Waals surface area contributed by atoms with Crippen molar-refractivity contribution in [3.05, 3.63) is 94.1 Å². The summed E-state index contributed by atoms with van der Waals surface area (Å²) in [6.07, 6.45) is 8.73. The van der Waals surface area contributed by atoms with Crippen LogP contribution in [-0.4, -0.2) is 15.0 Å². The second-order valence-electron chi connectivity index (χ2n) is 9.94. The predicted octanol–water partition coefficient (Wildman–Crippen LogP) is 8.08. The van der Waals surface area contributed by atoms with E-state index in [4.69, 9.17) is 20.7 Å². The third-order valence-corrected chi connectivity index (χ3v) is 8.57. The topological polar surface area (TPSA) is 76.7 Å². The first-order valence-electron chi connectivity index (χ1n) is 13.0. The molecule has 0 spiro atoms. The van der Waals surface area contributed by atoms with Crippen LogP contribution in [0.2, 0.25) is 0 Å². The summed E-state index contributed by atoms with van der Waals surface area (Å²) in [7, 11) is 0. The molecule has 0 aliphatic heterocycles. The van der Waals surface area contributed by atoms with Gasteiger partial charge < -0.3 is 11.1 Å². The maximum Gasteiger partial charge on any atom is 0.155 e. The lowest BCUT2D eigenvalue weighted by molar-refractivity contribution is 0.700. The van der Waals surface area contributed by atoms with Gasteiger partial charge >= 0.3 is 0 Å². The molecule has 186 valence electrons. The molecule has 7 rings (SSSR count). The van der Waals surface area contributed by atoms with Crippen LogP contribution in [0.4, 0.5) is 17.2 Å². The zero-order valence-electron chi connectivity index (χ0n) is 21.2. The fourth-order valence-electron chi connectivity index (χ4n) is 5.46. The van der Waals surface area contributed by atoms with Gasteiger partial charge in [-0.2, -0.15) is 0 Å². The summed E-state index contributed by atoms with van der Waals surface area (Å²) in [4.78, 5) is 17.4. The van der Waals surface area contributed by atoms with Crippen LogP contribution in [0.3, 0.4) is 0 Å². The van der Waals surface area contributed by atoms with Crippen molar-refractivity contribution >= 4 is 72.7 Å². The minimum Gasteiger partial charge on any atom is -0.399 e. The van der Waals surface area contributed by atoms with Gasteiger partial charge in [-0.1, -0.05) is 48.5 Å². The zero-order chi connectivity index (χ0) is 25.6. The van der Waals surface area contributed by atoms with E-state index in [0.717, 1.165) is 67.6 Å². The van der Waals surface area contributed by atoms with Crippen LogP contribution in [0.25, 0.3) is 44.2 Å². The largest absolute Gasteiger partial charge is 0.399 e. The van der Waals surface area contributed by atoms with E-state index in [-0.39, 0.29) is 0 Å². The van der Waals surface area contributed by atoms with Gasteiger partial charge in [0.1, 0.15) is 10.6 Å². The van der Waals surface area contributed by atoms with E-state index in [1.807, 2.05) is 47.7 Å². The summed E-state index contributed by atoms with van der Waals surface area (Å²) < 4.78 is 0. The van der Waals surface area contributed by atoms with E-state index >= 15 is 0 Å². The first kappa shape index (κ1) is 22.9. The van der Waals surface area contributed by atoms with Crippen LogP contribution in [0, 0.1) is 6.92 Å². The maximum absolute atomic E-state index is 6.05. The number of pyridine rings is 1. The van der Waals surface area contributed by atoms with Gasteiger partial charge in [-0.15, -0.1) is 11.3 Å². The Balaban J connectivity index is 1.34. The van der Waals surface area contributed by atoms with E-state index in [2.05, 4.69) is 54.7 Å². The minimum atomic E-state index is 0.707. The Hall–Kier alpha value is -4.29. The summed E-state index contributed by atoms with van der Waals surface area (Å²) in [6.45, 7) is 2.15. The molecular weight excluding hydrogens is 486 g/mol. The van der Waals surface area contributed by atoms with Crippen molar-refractivity contribution in [2.24, 2.45) is 0 Å². The number of rotatable bonds is 4. The Labute approximate surface area is 225 Å². The first-order chi connectivity index (χ1) is 18.6. The van der Waals surface area contributed by atoms with Crippen molar-refractivity contribution in [1.82, 2.24) is 15.0 Å². The maximum atomic E-state index is 6.05. The monoisotopic (exact) mass is 513 g/mol. The lowest BCUT2D eigenvalue weighted by Gasteiger charge is -2.14. The van der Waals surface area contributed by atoms with Crippen molar-refractivity contribution in [3.63, 3.8) is 0 Å². The molecular formula is C32H27N5S. The van der Waals surface area contributed by atoms with E-state index in [1.165, 1.54) is 28.8 Å². The smallest absolute Gasteiger partial charge is 0.155 e. The SMILES string of the molecule is Cc1c2ccc(N)cc2nc2cc(Nc3nc(/C=C/c4ccccc4)nc4sc5c(c34)CCCC5)ccc12. The molecule has 0 amide bonds. The van der Waals surface area contributed by atoms with E-state index in [1.54, 1.807) is 0 Å². The van der Waals surface area contributed by atoms with Gasteiger partial charge in [0, 0.05) is 27.0 Å². The summed E-state index contributed by atoms with van der Waals surface area (Å²) in [6, 6.07) is 22.6. The third kappa shape index (κ3) is 4.07. The zero-order valence-corrected chi connectivity index (χ0v) is 22.0. The molecule has 3 aromatic carbocycles. The highest BCUT2D eigenvalue weighted by Gasteiger charge is 2.21.